The molecule has 124 valence electrons. The SMILES string of the molecule is Cc1c(CN(C)C(=O)C2CCOC(C)(C)C2)[nH]c2ccccc12. The fraction of sp³-hybridized carbons (Fsp3) is 0.526. The predicted molar refractivity (Wildman–Crippen MR) is 92.3 cm³/mol. The number of H-pyrrole nitrogens is 1. The van der Waals surface area contributed by atoms with Crippen LogP contribution in [0.4, 0.5) is 0 Å². The Morgan fingerprint density at radius 1 is 1.39 bits per heavy atom. The van der Waals surface area contributed by atoms with Crippen LogP contribution in [0.1, 0.15) is 37.9 Å². The molecule has 0 aliphatic carbocycles. The van der Waals surface area contributed by atoms with Crippen molar-refractivity contribution in [1.82, 2.24) is 9.88 Å². The van der Waals surface area contributed by atoms with Gasteiger partial charge in [0.05, 0.1) is 12.1 Å². The first-order chi connectivity index (χ1) is 10.9. The Labute approximate surface area is 137 Å². The van der Waals surface area contributed by atoms with Gasteiger partial charge in [-0.1, -0.05) is 18.2 Å². The largest absolute Gasteiger partial charge is 0.376 e. The van der Waals surface area contributed by atoms with Crippen molar-refractivity contribution in [3.63, 3.8) is 0 Å². The molecule has 1 amide bonds. The molecule has 1 atom stereocenters. The zero-order valence-electron chi connectivity index (χ0n) is 14.5. The highest BCUT2D eigenvalue weighted by Crippen LogP contribution is 2.30. The number of aromatic nitrogens is 1. The molecule has 1 saturated heterocycles. The van der Waals surface area contributed by atoms with Crippen molar-refractivity contribution in [2.24, 2.45) is 5.92 Å². The number of hydrogen-bond donors (Lipinski definition) is 1. The van der Waals surface area contributed by atoms with Crippen LogP contribution in [0.5, 0.6) is 0 Å². The number of carbonyl (C=O) groups is 1. The Kier molecular flexibility index (Phi) is 4.19. The lowest BCUT2D eigenvalue weighted by atomic mass is 9.87. The number of fused-ring (bicyclic) bond motifs is 1. The number of rotatable bonds is 3. The number of amides is 1. The van der Waals surface area contributed by atoms with Gasteiger partial charge in [-0.3, -0.25) is 4.79 Å². The molecule has 2 aromatic rings. The average molecular weight is 314 g/mol. The highest BCUT2D eigenvalue weighted by atomic mass is 16.5. The second kappa shape index (κ2) is 6.00. The van der Waals surface area contributed by atoms with Crippen molar-refractivity contribution in [1.29, 1.82) is 0 Å². The number of carbonyl (C=O) groups excluding carboxylic acids is 1. The van der Waals surface area contributed by atoms with Crippen molar-refractivity contribution >= 4 is 16.8 Å². The molecule has 0 bridgehead atoms. The number of nitrogens with one attached hydrogen (secondary N) is 1. The summed E-state index contributed by atoms with van der Waals surface area (Å²) in [6, 6.07) is 8.27. The van der Waals surface area contributed by atoms with Gasteiger partial charge in [0, 0.05) is 36.2 Å². The number of ether oxygens (including phenoxy) is 1. The fourth-order valence-corrected chi connectivity index (χ4v) is 3.57. The molecule has 23 heavy (non-hydrogen) atoms. The summed E-state index contributed by atoms with van der Waals surface area (Å²) < 4.78 is 5.73. The van der Waals surface area contributed by atoms with Crippen molar-refractivity contribution in [2.45, 2.75) is 45.8 Å². The van der Waals surface area contributed by atoms with E-state index >= 15 is 0 Å². The van der Waals surface area contributed by atoms with Gasteiger partial charge in [0.15, 0.2) is 0 Å². The summed E-state index contributed by atoms with van der Waals surface area (Å²) in [6.07, 6.45) is 1.61. The number of hydrogen-bond acceptors (Lipinski definition) is 2. The minimum Gasteiger partial charge on any atom is -0.376 e. The standard InChI is InChI=1S/C19H26N2O2/c1-13-15-7-5-6-8-16(15)20-17(13)12-21(4)18(22)14-9-10-23-19(2,3)11-14/h5-8,14,20H,9-12H2,1-4H3. The molecule has 1 fully saturated rings. The number of aryl methyl sites for hydroxylation is 1. The lowest BCUT2D eigenvalue weighted by molar-refractivity contribution is -0.144. The van der Waals surface area contributed by atoms with Crippen molar-refractivity contribution < 1.29 is 9.53 Å². The van der Waals surface area contributed by atoms with Crippen LogP contribution in [0, 0.1) is 12.8 Å². The maximum atomic E-state index is 12.8. The van der Waals surface area contributed by atoms with E-state index in [4.69, 9.17) is 4.74 Å². The van der Waals surface area contributed by atoms with Gasteiger partial charge in [0.2, 0.25) is 5.91 Å². The van der Waals surface area contributed by atoms with Gasteiger partial charge >= 0.3 is 0 Å². The van der Waals surface area contributed by atoms with Crippen LogP contribution < -0.4 is 0 Å². The molecule has 1 N–H and O–H groups in total. The zero-order valence-corrected chi connectivity index (χ0v) is 14.5. The van der Waals surface area contributed by atoms with Crippen LogP contribution in [0.25, 0.3) is 10.9 Å². The molecule has 3 rings (SSSR count). The van der Waals surface area contributed by atoms with E-state index in [2.05, 4.69) is 37.9 Å². The minimum absolute atomic E-state index is 0.0634. The second-order valence-electron chi connectivity index (χ2n) is 7.27. The molecule has 1 aromatic heterocycles. The molecular weight excluding hydrogens is 288 g/mol. The first-order valence-corrected chi connectivity index (χ1v) is 8.32. The van der Waals surface area contributed by atoms with Gasteiger partial charge in [0.1, 0.15) is 0 Å². The van der Waals surface area contributed by atoms with E-state index in [1.807, 2.05) is 24.1 Å². The zero-order chi connectivity index (χ0) is 16.6. The van der Waals surface area contributed by atoms with Gasteiger partial charge in [0.25, 0.3) is 0 Å². The van der Waals surface area contributed by atoms with E-state index in [9.17, 15) is 4.79 Å². The summed E-state index contributed by atoms with van der Waals surface area (Å²) in [5.41, 5.74) is 3.28. The molecule has 4 nitrogen and oxygen atoms in total. The van der Waals surface area contributed by atoms with Gasteiger partial charge in [-0.25, -0.2) is 0 Å². The van der Waals surface area contributed by atoms with E-state index in [1.54, 1.807) is 0 Å². The third kappa shape index (κ3) is 3.27. The quantitative estimate of drug-likeness (QED) is 0.940. The van der Waals surface area contributed by atoms with Crippen LogP contribution in [0.3, 0.4) is 0 Å². The molecule has 1 aliphatic heterocycles. The summed E-state index contributed by atoms with van der Waals surface area (Å²) in [5.74, 6) is 0.285. The Bertz CT molecular complexity index is 717. The molecule has 1 aromatic carbocycles. The van der Waals surface area contributed by atoms with Crippen LogP contribution in [-0.2, 0) is 16.1 Å². The molecule has 2 heterocycles. The van der Waals surface area contributed by atoms with Crippen LogP contribution in [0.15, 0.2) is 24.3 Å². The maximum absolute atomic E-state index is 12.8. The molecular formula is C19H26N2O2. The molecule has 4 heteroatoms. The molecule has 0 radical (unpaired) electrons. The van der Waals surface area contributed by atoms with E-state index in [1.165, 1.54) is 10.9 Å². The Balaban J connectivity index is 1.74. The number of aromatic amines is 1. The maximum Gasteiger partial charge on any atom is 0.225 e. The van der Waals surface area contributed by atoms with Crippen LogP contribution in [-0.4, -0.2) is 35.0 Å². The lowest BCUT2D eigenvalue weighted by Crippen LogP contribution is -2.42. The van der Waals surface area contributed by atoms with Crippen LogP contribution in [0.2, 0.25) is 0 Å². The monoisotopic (exact) mass is 314 g/mol. The number of nitrogens with zero attached hydrogens (tertiary/aromatic N) is 1. The van der Waals surface area contributed by atoms with Crippen molar-refractivity contribution in [3.05, 3.63) is 35.5 Å². The van der Waals surface area contributed by atoms with E-state index < -0.39 is 0 Å². The highest BCUT2D eigenvalue weighted by Gasteiger charge is 2.34. The predicted octanol–water partition coefficient (Wildman–Crippen LogP) is 3.64. The highest BCUT2D eigenvalue weighted by molar-refractivity contribution is 5.84. The van der Waals surface area contributed by atoms with E-state index in [-0.39, 0.29) is 17.4 Å². The van der Waals surface area contributed by atoms with Gasteiger partial charge < -0.3 is 14.6 Å². The summed E-state index contributed by atoms with van der Waals surface area (Å²) in [6.45, 7) is 7.53. The molecule has 1 aliphatic rings. The second-order valence-corrected chi connectivity index (χ2v) is 7.27. The van der Waals surface area contributed by atoms with Crippen molar-refractivity contribution in [3.8, 4) is 0 Å². The van der Waals surface area contributed by atoms with Gasteiger partial charge in [-0.2, -0.15) is 0 Å². The normalized spacial score (nSPS) is 20.6. The first-order valence-electron chi connectivity index (χ1n) is 8.32. The molecule has 0 spiro atoms. The van der Waals surface area contributed by atoms with E-state index in [0.29, 0.717) is 13.2 Å². The van der Waals surface area contributed by atoms with E-state index in [0.717, 1.165) is 24.1 Å². The first kappa shape index (κ1) is 16.1. The summed E-state index contributed by atoms with van der Waals surface area (Å²) in [7, 11) is 1.90. The number of benzene rings is 1. The Hall–Kier alpha value is -1.81. The van der Waals surface area contributed by atoms with Crippen molar-refractivity contribution in [2.75, 3.05) is 13.7 Å². The minimum atomic E-state index is -0.198. The Morgan fingerprint density at radius 3 is 2.83 bits per heavy atom. The topological polar surface area (TPSA) is 45.3 Å². The molecule has 1 unspecified atom stereocenters. The molecule has 0 saturated carbocycles. The third-order valence-corrected chi connectivity index (χ3v) is 4.89. The summed E-state index contributed by atoms with van der Waals surface area (Å²) in [4.78, 5) is 18.1. The van der Waals surface area contributed by atoms with Gasteiger partial charge in [-0.05, 0) is 45.2 Å². The summed E-state index contributed by atoms with van der Waals surface area (Å²) in [5, 5.41) is 1.23. The fourth-order valence-electron chi connectivity index (χ4n) is 3.57. The Morgan fingerprint density at radius 2 is 2.13 bits per heavy atom. The number of para-hydroxylation sites is 1. The van der Waals surface area contributed by atoms with Crippen LogP contribution >= 0.6 is 0 Å². The average Bonchev–Trinajstić information content (AvgIpc) is 2.82. The smallest absolute Gasteiger partial charge is 0.225 e. The lowest BCUT2D eigenvalue weighted by Gasteiger charge is -2.36. The third-order valence-electron chi connectivity index (χ3n) is 4.89. The van der Waals surface area contributed by atoms with Gasteiger partial charge in [-0.15, -0.1) is 0 Å². The summed E-state index contributed by atoms with van der Waals surface area (Å²) >= 11 is 0.